The summed E-state index contributed by atoms with van der Waals surface area (Å²) in [6.07, 6.45) is 4.15. The molecule has 0 radical (unpaired) electrons. The van der Waals surface area contributed by atoms with Gasteiger partial charge in [0, 0.05) is 28.4 Å². The van der Waals surface area contributed by atoms with E-state index in [-0.39, 0.29) is 23.5 Å². The van der Waals surface area contributed by atoms with Crippen LogP contribution < -0.4 is 4.90 Å². The van der Waals surface area contributed by atoms with Crippen molar-refractivity contribution in [3.63, 3.8) is 0 Å². The smallest absolute Gasteiger partial charge is 0.276 e. The highest BCUT2D eigenvalue weighted by atomic mass is 79.9. The van der Waals surface area contributed by atoms with Crippen LogP contribution in [0, 0.1) is 34.5 Å². The minimum atomic E-state index is -1.26. The monoisotopic (exact) mass is 409 g/mol. The van der Waals surface area contributed by atoms with E-state index in [2.05, 4.69) is 28.6 Å². The summed E-state index contributed by atoms with van der Waals surface area (Å²) in [7, 11) is 0. The van der Waals surface area contributed by atoms with Crippen LogP contribution in [0.2, 0.25) is 0 Å². The second-order valence-corrected chi connectivity index (χ2v) is 7.64. The molecule has 0 aromatic heterocycles. The molecule has 4 rings (SSSR count). The molecule has 3 atom stereocenters. The molecule has 1 fully saturated rings. The first-order chi connectivity index (χ1) is 12.6. The third kappa shape index (κ3) is 1.97. The van der Waals surface area contributed by atoms with Crippen LogP contribution in [0.15, 0.2) is 46.7 Å². The SMILES string of the molecule is C=CCN1C(=O)C2(OC(C#N)=C(C#N)C3CCCC32)c2c(Br)cccc21. The van der Waals surface area contributed by atoms with Crippen LogP contribution in [-0.2, 0) is 15.1 Å². The summed E-state index contributed by atoms with van der Waals surface area (Å²) in [6, 6.07) is 9.82. The van der Waals surface area contributed by atoms with Crippen molar-refractivity contribution in [2.24, 2.45) is 11.8 Å². The van der Waals surface area contributed by atoms with E-state index < -0.39 is 5.60 Å². The molecule has 0 bridgehead atoms. The van der Waals surface area contributed by atoms with E-state index in [9.17, 15) is 15.3 Å². The van der Waals surface area contributed by atoms with Crippen molar-refractivity contribution in [3.8, 4) is 12.1 Å². The summed E-state index contributed by atoms with van der Waals surface area (Å²) < 4.78 is 6.91. The Labute approximate surface area is 160 Å². The number of halogens is 1. The average Bonchev–Trinajstić information content (AvgIpc) is 3.21. The Morgan fingerprint density at radius 1 is 1.38 bits per heavy atom. The van der Waals surface area contributed by atoms with Crippen molar-refractivity contribution < 1.29 is 9.53 Å². The quantitative estimate of drug-likeness (QED) is 0.693. The summed E-state index contributed by atoms with van der Waals surface area (Å²) in [5, 5.41) is 19.2. The molecule has 1 spiro atoms. The molecule has 1 amide bonds. The Morgan fingerprint density at radius 2 is 2.19 bits per heavy atom. The predicted octanol–water partition coefficient (Wildman–Crippen LogP) is 3.92. The van der Waals surface area contributed by atoms with Gasteiger partial charge in [-0.15, -0.1) is 6.58 Å². The molecule has 130 valence electrons. The minimum Gasteiger partial charge on any atom is -0.461 e. The standard InChI is InChI=1S/C20H16BrN3O2/c1-2-9-24-16-8-4-7-15(21)18(16)20(19(24)25)14-6-3-5-12(14)13(10-22)17(11-23)26-20/h2,4,7-8,12,14H,1,3,5-6,9H2. The Kier molecular flexibility index (Phi) is 3.89. The van der Waals surface area contributed by atoms with Crippen LogP contribution in [-0.4, -0.2) is 12.5 Å². The third-order valence-corrected chi connectivity index (χ3v) is 6.33. The topological polar surface area (TPSA) is 77.1 Å². The number of ether oxygens (including phenoxy) is 1. The number of fused-ring (bicyclic) bond motifs is 4. The molecule has 2 heterocycles. The lowest BCUT2D eigenvalue weighted by molar-refractivity contribution is -0.149. The zero-order chi connectivity index (χ0) is 18.5. The van der Waals surface area contributed by atoms with Crippen molar-refractivity contribution >= 4 is 27.5 Å². The summed E-state index contributed by atoms with van der Waals surface area (Å²) in [4.78, 5) is 15.3. The number of allylic oxidation sites excluding steroid dienone is 2. The van der Waals surface area contributed by atoms with Crippen molar-refractivity contribution in [1.82, 2.24) is 0 Å². The average molecular weight is 410 g/mol. The number of carbonyl (C=O) groups is 1. The second kappa shape index (κ2) is 6.00. The van der Waals surface area contributed by atoms with Crippen molar-refractivity contribution in [3.05, 3.63) is 52.2 Å². The molecule has 0 saturated heterocycles. The van der Waals surface area contributed by atoms with E-state index in [0.717, 1.165) is 35.0 Å². The van der Waals surface area contributed by atoms with E-state index in [1.165, 1.54) is 0 Å². The lowest BCUT2D eigenvalue weighted by Gasteiger charge is -2.41. The maximum atomic E-state index is 13.6. The van der Waals surface area contributed by atoms with Crippen molar-refractivity contribution in [1.29, 1.82) is 10.5 Å². The fourth-order valence-corrected chi connectivity index (χ4v) is 5.39. The van der Waals surface area contributed by atoms with E-state index in [1.807, 2.05) is 24.3 Å². The molecule has 1 saturated carbocycles. The fraction of sp³-hybridized carbons (Fsp3) is 0.350. The molecule has 0 N–H and O–H groups in total. The molecule has 1 aromatic rings. The number of amides is 1. The molecule has 5 nitrogen and oxygen atoms in total. The molecule has 3 aliphatic rings. The highest BCUT2D eigenvalue weighted by Gasteiger charge is 2.64. The lowest BCUT2D eigenvalue weighted by Crippen LogP contribution is -2.51. The number of nitrogens with zero attached hydrogens (tertiary/aromatic N) is 3. The third-order valence-electron chi connectivity index (χ3n) is 5.67. The maximum Gasteiger partial charge on any atom is 0.276 e. The van der Waals surface area contributed by atoms with E-state index in [1.54, 1.807) is 11.0 Å². The van der Waals surface area contributed by atoms with Gasteiger partial charge in [0.2, 0.25) is 11.4 Å². The highest BCUT2D eigenvalue weighted by molar-refractivity contribution is 9.10. The largest absolute Gasteiger partial charge is 0.461 e. The Morgan fingerprint density at radius 3 is 2.88 bits per heavy atom. The van der Waals surface area contributed by atoms with Gasteiger partial charge in [0.05, 0.1) is 17.3 Å². The summed E-state index contributed by atoms with van der Waals surface area (Å²) in [5.74, 6) is -0.489. The van der Waals surface area contributed by atoms with Gasteiger partial charge in [-0.05, 0) is 25.0 Å². The van der Waals surface area contributed by atoms with Crippen LogP contribution in [0.25, 0.3) is 0 Å². The highest BCUT2D eigenvalue weighted by Crippen LogP contribution is 2.60. The van der Waals surface area contributed by atoms with Gasteiger partial charge in [-0.3, -0.25) is 4.79 Å². The second-order valence-electron chi connectivity index (χ2n) is 6.79. The maximum absolute atomic E-state index is 13.6. The van der Waals surface area contributed by atoms with Gasteiger partial charge in [-0.2, -0.15) is 10.5 Å². The van der Waals surface area contributed by atoms with Crippen LogP contribution >= 0.6 is 15.9 Å². The Hall–Kier alpha value is -2.57. The van der Waals surface area contributed by atoms with Gasteiger partial charge in [-0.1, -0.05) is 34.5 Å². The first-order valence-electron chi connectivity index (χ1n) is 8.55. The molecular weight excluding hydrogens is 394 g/mol. The predicted molar refractivity (Wildman–Crippen MR) is 98.5 cm³/mol. The van der Waals surface area contributed by atoms with Crippen LogP contribution in [0.5, 0.6) is 0 Å². The number of rotatable bonds is 2. The molecule has 3 unspecified atom stereocenters. The summed E-state index contributed by atoms with van der Waals surface area (Å²) in [6.45, 7) is 4.12. The number of benzene rings is 1. The number of nitriles is 2. The normalized spacial score (nSPS) is 29.0. The Balaban J connectivity index is 2.01. The number of hydrogen-bond acceptors (Lipinski definition) is 4. The van der Waals surface area contributed by atoms with E-state index in [0.29, 0.717) is 12.1 Å². The van der Waals surface area contributed by atoms with Crippen LogP contribution in [0.4, 0.5) is 5.69 Å². The first-order valence-corrected chi connectivity index (χ1v) is 9.34. The first kappa shape index (κ1) is 16.9. The van der Waals surface area contributed by atoms with E-state index >= 15 is 0 Å². The molecule has 2 aliphatic heterocycles. The van der Waals surface area contributed by atoms with Crippen molar-refractivity contribution in [2.45, 2.75) is 24.9 Å². The van der Waals surface area contributed by atoms with Gasteiger partial charge < -0.3 is 9.64 Å². The lowest BCUT2D eigenvalue weighted by atomic mass is 9.71. The molecule has 26 heavy (non-hydrogen) atoms. The molecule has 6 heteroatoms. The fourth-order valence-electron chi connectivity index (χ4n) is 4.74. The van der Waals surface area contributed by atoms with Crippen LogP contribution in [0.1, 0.15) is 24.8 Å². The summed E-state index contributed by atoms with van der Waals surface area (Å²) >= 11 is 3.59. The van der Waals surface area contributed by atoms with Gasteiger partial charge in [-0.25, -0.2) is 0 Å². The van der Waals surface area contributed by atoms with Gasteiger partial charge in [0.1, 0.15) is 6.07 Å². The number of hydrogen-bond donors (Lipinski definition) is 0. The van der Waals surface area contributed by atoms with Crippen molar-refractivity contribution in [2.75, 3.05) is 11.4 Å². The summed E-state index contributed by atoms with van der Waals surface area (Å²) in [5.41, 5.74) is 0.649. The zero-order valence-corrected chi connectivity index (χ0v) is 15.6. The van der Waals surface area contributed by atoms with Crippen LogP contribution in [0.3, 0.4) is 0 Å². The Bertz CT molecular complexity index is 939. The number of carbonyl (C=O) groups excluding carboxylic acids is 1. The van der Waals surface area contributed by atoms with Gasteiger partial charge >= 0.3 is 0 Å². The van der Waals surface area contributed by atoms with Gasteiger partial charge in [0.25, 0.3) is 5.91 Å². The minimum absolute atomic E-state index is 0.0221. The van der Waals surface area contributed by atoms with E-state index in [4.69, 9.17) is 4.74 Å². The molecule has 1 aliphatic carbocycles. The molecular formula is C20H16BrN3O2. The number of anilines is 1. The molecule has 1 aromatic carbocycles. The zero-order valence-electron chi connectivity index (χ0n) is 14.0. The van der Waals surface area contributed by atoms with Gasteiger partial charge in [0.15, 0.2) is 0 Å².